The Labute approximate surface area is 185 Å². The highest BCUT2D eigenvalue weighted by atomic mass is 35.5. The number of fused-ring (bicyclic) bond motifs is 2. The zero-order valence-electron chi connectivity index (χ0n) is 18.6. The number of hydrogen-bond donors (Lipinski definition) is 0. The van der Waals surface area contributed by atoms with Crippen molar-refractivity contribution in [1.82, 2.24) is 4.23 Å². The highest BCUT2D eigenvalue weighted by molar-refractivity contribution is 6.82. The summed E-state index contributed by atoms with van der Waals surface area (Å²) in [5, 5.41) is 1.79. The van der Waals surface area contributed by atoms with E-state index in [-0.39, 0.29) is 12.1 Å². The lowest BCUT2D eigenvalue weighted by Crippen LogP contribution is -2.51. The number of ether oxygens (including phenoxy) is 1. The van der Waals surface area contributed by atoms with Gasteiger partial charge in [-0.3, -0.25) is 0 Å². The van der Waals surface area contributed by atoms with E-state index in [4.69, 9.17) is 16.3 Å². The maximum absolute atomic E-state index is 12.6. The Kier molecular flexibility index (Phi) is 5.35. The summed E-state index contributed by atoms with van der Waals surface area (Å²) in [6.07, 6.45) is 1.88. The molecule has 0 saturated heterocycles. The summed E-state index contributed by atoms with van der Waals surface area (Å²) in [6.45, 7) is 14.2. The largest absolute Gasteiger partial charge is 0.449 e. The predicted molar refractivity (Wildman–Crippen MR) is 127 cm³/mol. The Balaban J connectivity index is 1.94. The van der Waals surface area contributed by atoms with Gasteiger partial charge in [-0.05, 0) is 64.1 Å². The third kappa shape index (κ3) is 3.04. The van der Waals surface area contributed by atoms with E-state index in [0.717, 1.165) is 16.5 Å². The standard InChI is InChI=1S/C25H30ClNO2Si/c1-15(2)30(16(3)4,17(5)6)27-12-11-19-13-22-21(14-23(19)27)24(29-25(22)28)18-7-9-20(26)10-8-18/h7-17,24H,1-6H3. The number of cyclic esters (lactones) is 1. The zero-order valence-corrected chi connectivity index (χ0v) is 20.3. The van der Waals surface area contributed by atoms with Crippen LogP contribution in [0.1, 0.15) is 69.1 Å². The van der Waals surface area contributed by atoms with Crippen LogP contribution >= 0.6 is 11.6 Å². The summed E-state index contributed by atoms with van der Waals surface area (Å²) in [5.74, 6) is -0.250. The fourth-order valence-corrected chi connectivity index (χ4v) is 12.6. The van der Waals surface area contributed by atoms with Crippen LogP contribution in [0.15, 0.2) is 48.7 Å². The van der Waals surface area contributed by atoms with Crippen LogP contribution in [0.3, 0.4) is 0 Å². The Hall–Kier alpha value is -2.04. The highest BCUT2D eigenvalue weighted by Gasteiger charge is 2.46. The lowest BCUT2D eigenvalue weighted by atomic mass is 9.98. The number of aromatic nitrogens is 1. The molecule has 0 amide bonds. The number of benzene rings is 2. The lowest BCUT2D eigenvalue weighted by molar-refractivity contribution is 0.0456. The second kappa shape index (κ2) is 7.58. The summed E-state index contributed by atoms with van der Waals surface area (Å²) >= 11 is 6.06. The fourth-order valence-electron chi connectivity index (χ4n) is 5.88. The fraction of sp³-hybridized carbons (Fsp3) is 0.400. The van der Waals surface area contributed by atoms with Crippen molar-refractivity contribution in [3.8, 4) is 0 Å². The van der Waals surface area contributed by atoms with Crippen LogP contribution in [-0.2, 0) is 4.74 Å². The van der Waals surface area contributed by atoms with Crippen molar-refractivity contribution < 1.29 is 9.53 Å². The molecule has 3 aromatic rings. The SMILES string of the molecule is CC(C)[Si](C(C)C)(C(C)C)n1ccc2cc3c(cc21)C(c1ccc(Cl)cc1)OC3=O. The normalized spacial score (nSPS) is 16.7. The van der Waals surface area contributed by atoms with E-state index >= 15 is 0 Å². The van der Waals surface area contributed by atoms with Gasteiger partial charge in [0.2, 0.25) is 0 Å². The van der Waals surface area contributed by atoms with E-state index in [1.165, 1.54) is 5.52 Å². The number of halogens is 1. The van der Waals surface area contributed by atoms with Gasteiger partial charge in [-0.2, -0.15) is 0 Å². The summed E-state index contributed by atoms with van der Waals surface area (Å²) in [4.78, 5) is 12.6. The van der Waals surface area contributed by atoms with Gasteiger partial charge in [0, 0.05) is 16.1 Å². The lowest BCUT2D eigenvalue weighted by Gasteiger charge is -2.44. The minimum absolute atomic E-state index is 0.250. The van der Waals surface area contributed by atoms with Gasteiger partial charge in [0.25, 0.3) is 0 Å². The first-order valence-corrected chi connectivity index (χ1v) is 13.4. The molecule has 1 aliphatic heterocycles. The molecule has 4 rings (SSSR count). The molecule has 2 aromatic carbocycles. The first kappa shape index (κ1) is 21.2. The molecular weight excluding hydrogens is 410 g/mol. The third-order valence-corrected chi connectivity index (χ3v) is 14.0. The highest BCUT2D eigenvalue weighted by Crippen LogP contribution is 2.45. The van der Waals surface area contributed by atoms with Crippen molar-refractivity contribution in [3.63, 3.8) is 0 Å². The van der Waals surface area contributed by atoms with Crippen LogP contribution in [0.25, 0.3) is 10.9 Å². The van der Waals surface area contributed by atoms with E-state index < -0.39 is 8.24 Å². The van der Waals surface area contributed by atoms with Gasteiger partial charge in [0.1, 0.15) is 0 Å². The number of nitrogens with zero attached hydrogens (tertiary/aromatic N) is 1. The van der Waals surface area contributed by atoms with Crippen LogP contribution in [0.4, 0.5) is 0 Å². The minimum atomic E-state index is -1.90. The number of carbonyl (C=O) groups excluding carboxylic acids is 1. The van der Waals surface area contributed by atoms with Gasteiger partial charge in [-0.25, -0.2) is 4.79 Å². The van der Waals surface area contributed by atoms with Crippen molar-refractivity contribution >= 4 is 36.7 Å². The molecule has 0 bridgehead atoms. The Morgan fingerprint density at radius 1 is 0.933 bits per heavy atom. The maximum atomic E-state index is 12.6. The summed E-state index contributed by atoms with van der Waals surface area (Å²) in [6, 6.07) is 13.9. The first-order valence-electron chi connectivity index (χ1n) is 10.8. The number of esters is 1. The summed E-state index contributed by atoms with van der Waals surface area (Å²) in [7, 11) is -1.90. The average Bonchev–Trinajstić information content (AvgIpc) is 3.22. The molecule has 0 radical (unpaired) electrons. The van der Waals surface area contributed by atoms with Gasteiger partial charge in [-0.15, -0.1) is 0 Å². The van der Waals surface area contributed by atoms with Crippen LogP contribution in [0.5, 0.6) is 0 Å². The van der Waals surface area contributed by atoms with Gasteiger partial charge >= 0.3 is 5.97 Å². The third-order valence-electron chi connectivity index (χ3n) is 6.95. The van der Waals surface area contributed by atoms with E-state index in [0.29, 0.717) is 27.2 Å². The molecule has 1 atom stereocenters. The van der Waals surface area contributed by atoms with Crippen LogP contribution in [-0.4, -0.2) is 18.4 Å². The average molecular weight is 440 g/mol. The van der Waals surface area contributed by atoms with E-state index in [1.54, 1.807) is 0 Å². The molecule has 0 spiro atoms. The smallest absolute Gasteiger partial charge is 0.339 e. The van der Waals surface area contributed by atoms with Crippen molar-refractivity contribution in [1.29, 1.82) is 0 Å². The maximum Gasteiger partial charge on any atom is 0.339 e. The zero-order chi connectivity index (χ0) is 21.8. The van der Waals surface area contributed by atoms with Crippen LogP contribution < -0.4 is 0 Å². The molecule has 0 fully saturated rings. The molecule has 0 N–H and O–H groups in total. The van der Waals surface area contributed by atoms with Crippen molar-refractivity contribution in [2.75, 3.05) is 0 Å². The van der Waals surface area contributed by atoms with Crippen molar-refractivity contribution in [3.05, 3.63) is 70.4 Å². The molecule has 30 heavy (non-hydrogen) atoms. The van der Waals surface area contributed by atoms with Crippen LogP contribution in [0.2, 0.25) is 21.6 Å². The minimum Gasteiger partial charge on any atom is -0.449 e. The molecule has 3 nitrogen and oxygen atoms in total. The number of rotatable bonds is 5. The Morgan fingerprint density at radius 3 is 2.10 bits per heavy atom. The molecule has 1 unspecified atom stereocenters. The van der Waals surface area contributed by atoms with Gasteiger partial charge in [0.15, 0.2) is 14.3 Å². The Bertz CT molecular complexity index is 1080. The molecule has 0 saturated carbocycles. The molecular formula is C25H30ClNO2Si. The monoisotopic (exact) mass is 439 g/mol. The number of hydrogen-bond acceptors (Lipinski definition) is 2. The van der Waals surface area contributed by atoms with E-state index in [9.17, 15) is 4.79 Å². The quantitative estimate of drug-likeness (QED) is 0.303. The van der Waals surface area contributed by atoms with Crippen molar-refractivity contribution in [2.45, 2.75) is 64.3 Å². The topological polar surface area (TPSA) is 31.2 Å². The van der Waals surface area contributed by atoms with Gasteiger partial charge in [0.05, 0.1) is 5.56 Å². The predicted octanol–water partition coefficient (Wildman–Crippen LogP) is 7.58. The van der Waals surface area contributed by atoms with Gasteiger partial charge < -0.3 is 8.97 Å². The molecule has 5 heteroatoms. The molecule has 1 aliphatic rings. The van der Waals surface area contributed by atoms with E-state index in [2.05, 4.69) is 64.1 Å². The van der Waals surface area contributed by atoms with E-state index in [1.807, 2.05) is 30.3 Å². The number of carbonyl (C=O) groups is 1. The van der Waals surface area contributed by atoms with Crippen molar-refractivity contribution in [2.24, 2.45) is 0 Å². The molecule has 1 aromatic heterocycles. The molecule has 158 valence electrons. The van der Waals surface area contributed by atoms with Gasteiger partial charge in [-0.1, -0.05) is 65.3 Å². The summed E-state index contributed by atoms with van der Waals surface area (Å²) in [5.41, 5.74) is 5.56. The second-order valence-electron chi connectivity index (χ2n) is 9.37. The molecule has 0 aliphatic carbocycles. The summed E-state index contributed by atoms with van der Waals surface area (Å²) < 4.78 is 8.37. The molecule has 2 heterocycles. The first-order chi connectivity index (χ1) is 14.2. The van der Waals surface area contributed by atoms with Crippen LogP contribution in [0, 0.1) is 0 Å². The second-order valence-corrected chi connectivity index (χ2v) is 15.5. The Morgan fingerprint density at radius 2 is 1.53 bits per heavy atom.